The van der Waals surface area contributed by atoms with Gasteiger partial charge < -0.3 is 4.90 Å². The van der Waals surface area contributed by atoms with Crippen molar-refractivity contribution in [1.82, 2.24) is 0 Å². The summed E-state index contributed by atoms with van der Waals surface area (Å²) in [5.41, 5.74) is 3.35. The molecule has 0 aliphatic carbocycles. The van der Waals surface area contributed by atoms with Crippen LogP contribution in [0.15, 0.2) is 109 Å². The predicted molar refractivity (Wildman–Crippen MR) is 137 cm³/mol. The van der Waals surface area contributed by atoms with Crippen LogP contribution in [0.25, 0.3) is 30.9 Å². The molecule has 148 valence electrons. The Kier molecular flexibility index (Phi) is 4.41. The Morgan fingerprint density at radius 1 is 0.581 bits per heavy atom. The van der Waals surface area contributed by atoms with Crippen LogP contribution in [0.4, 0.5) is 17.1 Å². The molecule has 0 N–H and O–H groups in total. The van der Waals surface area contributed by atoms with Gasteiger partial charge in [-0.05, 0) is 47.9 Å². The molecule has 0 fully saturated rings. The first-order chi connectivity index (χ1) is 15.3. The Hall–Kier alpha value is -3.33. The third-order valence-electron chi connectivity index (χ3n) is 5.70. The van der Waals surface area contributed by atoms with Gasteiger partial charge in [0.15, 0.2) is 0 Å². The zero-order valence-corrected chi connectivity index (χ0v) is 18.2. The number of anilines is 3. The highest BCUT2D eigenvalue weighted by Crippen LogP contribution is 2.46. The minimum atomic E-state index is 0.727. The molecular formula is C28H18ClNS. The van der Waals surface area contributed by atoms with E-state index in [9.17, 15) is 0 Å². The summed E-state index contributed by atoms with van der Waals surface area (Å²) in [6.45, 7) is 0. The lowest BCUT2D eigenvalue weighted by atomic mass is 10.0. The van der Waals surface area contributed by atoms with E-state index in [4.69, 9.17) is 11.6 Å². The van der Waals surface area contributed by atoms with Crippen LogP contribution in [0.1, 0.15) is 0 Å². The van der Waals surface area contributed by atoms with Crippen LogP contribution in [0, 0.1) is 0 Å². The number of hydrogen-bond donors (Lipinski definition) is 0. The molecule has 0 saturated heterocycles. The molecule has 0 unspecified atom stereocenters. The summed E-state index contributed by atoms with van der Waals surface area (Å²) in [6, 6.07) is 38.3. The molecule has 31 heavy (non-hydrogen) atoms. The third-order valence-corrected chi connectivity index (χ3v) is 7.07. The lowest BCUT2D eigenvalue weighted by Gasteiger charge is -2.28. The summed E-state index contributed by atoms with van der Waals surface area (Å²) in [5, 5.41) is 5.71. The van der Waals surface area contributed by atoms with Crippen molar-refractivity contribution in [1.29, 1.82) is 0 Å². The van der Waals surface area contributed by atoms with E-state index in [-0.39, 0.29) is 0 Å². The normalized spacial score (nSPS) is 11.4. The van der Waals surface area contributed by atoms with Gasteiger partial charge in [0, 0.05) is 36.3 Å². The molecule has 6 rings (SSSR count). The summed E-state index contributed by atoms with van der Waals surface area (Å²) in [7, 11) is 0. The number of fused-ring (bicyclic) bond motifs is 4. The first kappa shape index (κ1) is 18.4. The van der Waals surface area contributed by atoms with Crippen molar-refractivity contribution in [2.75, 3.05) is 4.90 Å². The molecule has 0 radical (unpaired) electrons. The largest absolute Gasteiger partial charge is 0.309 e. The van der Waals surface area contributed by atoms with Crippen LogP contribution in [0.5, 0.6) is 0 Å². The van der Waals surface area contributed by atoms with Gasteiger partial charge in [-0.2, -0.15) is 0 Å². The average Bonchev–Trinajstić information content (AvgIpc) is 3.19. The van der Waals surface area contributed by atoms with Crippen LogP contribution in [-0.2, 0) is 0 Å². The molecule has 1 aromatic heterocycles. The fourth-order valence-electron chi connectivity index (χ4n) is 4.37. The van der Waals surface area contributed by atoms with E-state index in [0.717, 1.165) is 22.1 Å². The molecule has 0 bridgehead atoms. The van der Waals surface area contributed by atoms with Crippen molar-refractivity contribution in [3.63, 3.8) is 0 Å². The average molecular weight is 436 g/mol. The number of halogens is 1. The van der Waals surface area contributed by atoms with E-state index in [1.165, 1.54) is 30.9 Å². The van der Waals surface area contributed by atoms with Gasteiger partial charge in [-0.3, -0.25) is 0 Å². The molecule has 0 atom stereocenters. The quantitative estimate of drug-likeness (QED) is 0.267. The van der Waals surface area contributed by atoms with Crippen LogP contribution >= 0.6 is 22.9 Å². The maximum atomic E-state index is 6.45. The van der Waals surface area contributed by atoms with E-state index in [1.54, 1.807) is 0 Å². The van der Waals surface area contributed by atoms with Gasteiger partial charge in [0.2, 0.25) is 0 Å². The van der Waals surface area contributed by atoms with Crippen molar-refractivity contribution < 1.29 is 0 Å². The fraction of sp³-hybridized carbons (Fsp3) is 0. The maximum Gasteiger partial charge on any atom is 0.0555 e. The van der Waals surface area contributed by atoms with Gasteiger partial charge in [-0.1, -0.05) is 78.3 Å². The maximum absolute atomic E-state index is 6.45. The highest BCUT2D eigenvalue weighted by molar-refractivity contribution is 7.26. The second kappa shape index (κ2) is 7.42. The van der Waals surface area contributed by atoms with Gasteiger partial charge in [-0.25, -0.2) is 0 Å². The number of rotatable bonds is 3. The summed E-state index contributed by atoms with van der Waals surface area (Å²) in [6.07, 6.45) is 0. The highest BCUT2D eigenvalue weighted by Gasteiger charge is 2.19. The Labute approximate surface area is 189 Å². The van der Waals surface area contributed by atoms with Crippen molar-refractivity contribution in [2.45, 2.75) is 0 Å². The molecule has 1 heterocycles. The van der Waals surface area contributed by atoms with E-state index < -0.39 is 0 Å². The molecule has 1 nitrogen and oxygen atoms in total. The number of nitrogens with zero attached hydrogens (tertiary/aromatic N) is 1. The first-order valence-corrected chi connectivity index (χ1v) is 11.4. The molecule has 0 aliphatic rings. The third kappa shape index (κ3) is 3.07. The molecule has 3 heteroatoms. The summed E-state index contributed by atoms with van der Waals surface area (Å²) < 4.78 is 2.58. The lowest BCUT2D eigenvalue weighted by Crippen LogP contribution is -2.10. The molecule has 0 aliphatic heterocycles. The Bertz CT molecular complexity index is 1560. The van der Waals surface area contributed by atoms with Gasteiger partial charge in [-0.15, -0.1) is 11.3 Å². The van der Waals surface area contributed by atoms with E-state index in [2.05, 4.69) is 95.9 Å². The minimum Gasteiger partial charge on any atom is -0.309 e. The zero-order valence-electron chi connectivity index (χ0n) is 16.6. The van der Waals surface area contributed by atoms with Gasteiger partial charge in [0.1, 0.15) is 0 Å². The second-order valence-corrected chi connectivity index (χ2v) is 9.08. The van der Waals surface area contributed by atoms with E-state index in [0.29, 0.717) is 0 Å². The molecule has 5 aromatic carbocycles. The number of thiophene rings is 1. The molecule has 0 saturated carbocycles. The van der Waals surface area contributed by atoms with Crippen molar-refractivity contribution in [3.8, 4) is 0 Å². The SMILES string of the molecule is Clc1cccc(N(c2cccc3ccccc23)c2cccc3sc4ccccc4c23)c1. The highest BCUT2D eigenvalue weighted by atomic mass is 35.5. The monoisotopic (exact) mass is 435 g/mol. The van der Waals surface area contributed by atoms with Crippen LogP contribution < -0.4 is 4.90 Å². The summed E-state index contributed by atoms with van der Waals surface area (Å²) >= 11 is 8.29. The zero-order chi connectivity index (χ0) is 20.8. The molecule has 6 aromatic rings. The number of hydrogen-bond acceptors (Lipinski definition) is 2. The van der Waals surface area contributed by atoms with Crippen LogP contribution in [-0.4, -0.2) is 0 Å². The van der Waals surface area contributed by atoms with Gasteiger partial charge in [0.05, 0.1) is 11.4 Å². The van der Waals surface area contributed by atoms with Gasteiger partial charge >= 0.3 is 0 Å². The smallest absolute Gasteiger partial charge is 0.0555 e. The van der Waals surface area contributed by atoms with Crippen molar-refractivity contribution >= 4 is 70.9 Å². The van der Waals surface area contributed by atoms with E-state index in [1.807, 2.05) is 29.5 Å². The Morgan fingerprint density at radius 3 is 2.16 bits per heavy atom. The minimum absolute atomic E-state index is 0.727. The lowest BCUT2D eigenvalue weighted by molar-refractivity contribution is 1.32. The van der Waals surface area contributed by atoms with Crippen LogP contribution in [0.3, 0.4) is 0 Å². The fourth-order valence-corrected chi connectivity index (χ4v) is 5.68. The molecular weight excluding hydrogens is 418 g/mol. The first-order valence-electron chi connectivity index (χ1n) is 10.2. The molecule has 0 spiro atoms. The van der Waals surface area contributed by atoms with Gasteiger partial charge in [0.25, 0.3) is 0 Å². The predicted octanol–water partition coefficient (Wildman–Crippen LogP) is 9.33. The Balaban J connectivity index is 1.73. The second-order valence-electron chi connectivity index (χ2n) is 7.56. The van der Waals surface area contributed by atoms with Crippen LogP contribution in [0.2, 0.25) is 5.02 Å². The summed E-state index contributed by atoms with van der Waals surface area (Å²) in [5.74, 6) is 0. The number of benzene rings is 5. The standard InChI is InChI=1S/C28H18ClNS/c29-20-10-6-11-21(18-20)30(24-14-5-9-19-8-1-2-12-22(19)24)25-15-7-17-27-28(25)23-13-3-4-16-26(23)31-27/h1-18H. The Morgan fingerprint density at radius 2 is 1.26 bits per heavy atom. The van der Waals surface area contributed by atoms with E-state index >= 15 is 0 Å². The topological polar surface area (TPSA) is 3.24 Å². The van der Waals surface area contributed by atoms with Crippen molar-refractivity contribution in [2.24, 2.45) is 0 Å². The van der Waals surface area contributed by atoms with Crippen molar-refractivity contribution in [3.05, 3.63) is 114 Å². The molecule has 0 amide bonds. The summed E-state index contributed by atoms with van der Waals surface area (Å²) in [4.78, 5) is 2.34.